The van der Waals surface area contributed by atoms with Gasteiger partial charge < -0.3 is 14.6 Å². The van der Waals surface area contributed by atoms with E-state index in [1.54, 1.807) is 16.8 Å². The summed E-state index contributed by atoms with van der Waals surface area (Å²) in [5, 5.41) is 11.3. The molecule has 5 rings (SSSR count). The fourth-order valence-corrected chi connectivity index (χ4v) is 3.29. The molecule has 1 unspecified atom stereocenters. The van der Waals surface area contributed by atoms with Crippen LogP contribution in [-0.2, 0) is 9.53 Å². The first kappa shape index (κ1) is 16.6. The smallest absolute Gasteiger partial charge is 0.258 e. The lowest BCUT2D eigenvalue weighted by molar-refractivity contribution is -0.124. The van der Waals surface area contributed by atoms with E-state index in [9.17, 15) is 4.79 Å². The third kappa shape index (κ3) is 3.03. The predicted octanol–water partition coefficient (Wildman–Crippen LogP) is 3.17. The molecule has 8 heteroatoms. The highest BCUT2D eigenvalue weighted by molar-refractivity contribution is 5.94. The molecule has 1 atom stereocenters. The molecule has 28 heavy (non-hydrogen) atoms. The number of fused-ring (bicyclic) bond motifs is 1. The number of amides is 1. The van der Waals surface area contributed by atoms with Gasteiger partial charge in [-0.3, -0.25) is 4.79 Å². The summed E-state index contributed by atoms with van der Waals surface area (Å²) in [6, 6.07) is 13.1. The molecular weight excluding hydrogens is 358 g/mol. The fourth-order valence-electron chi connectivity index (χ4n) is 3.29. The molecule has 4 aromatic rings. The van der Waals surface area contributed by atoms with Crippen molar-refractivity contribution in [1.82, 2.24) is 19.8 Å². The number of nitrogens with zero attached hydrogens (tertiary/aromatic N) is 4. The Hall–Kier alpha value is -3.52. The van der Waals surface area contributed by atoms with Gasteiger partial charge in [0.2, 0.25) is 5.82 Å². The molecule has 1 saturated heterocycles. The number of pyridine rings is 1. The Morgan fingerprint density at radius 1 is 1.21 bits per heavy atom. The van der Waals surface area contributed by atoms with Crippen LogP contribution in [0.5, 0.6) is 0 Å². The molecule has 0 spiro atoms. The Morgan fingerprint density at radius 3 is 3.07 bits per heavy atom. The lowest BCUT2D eigenvalue weighted by Crippen LogP contribution is -2.26. The van der Waals surface area contributed by atoms with E-state index < -0.39 is 0 Å². The van der Waals surface area contributed by atoms with E-state index in [2.05, 4.69) is 20.6 Å². The van der Waals surface area contributed by atoms with E-state index in [0.717, 1.165) is 29.5 Å². The van der Waals surface area contributed by atoms with Gasteiger partial charge in [-0.2, -0.15) is 10.1 Å². The second-order valence-corrected chi connectivity index (χ2v) is 6.58. The quantitative estimate of drug-likeness (QED) is 0.589. The number of anilines is 1. The van der Waals surface area contributed by atoms with Crippen LogP contribution in [0.25, 0.3) is 28.4 Å². The highest BCUT2D eigenvalue weighted by atomic mass is 16.5. The third-order valence-corrected chi connectivity index (χ3v) is 4.69. The topological polar surface area (TPSA) is 94.6 Å². The molecule has 1 amide bonds. The molecule has 0 radical (unpaired) electrons. The molecule has 1 aromatic carbocycles. The van der Waals surface area contributed by atoms with Crippen LogP contribution in [0.3, 0.4) is 0 Å². The summed E-state index contributed by atoms with van der Waals surface area (Å²) < 4.78 is 12.6. The first-order valence-electron chi connectivity index (χ1n) is 9.07. The zero-order valence-electron chi connectivity index (χ0n) is 14.9. The van der Waals surface area contributed by atoms with E-state index >= 15 is 0 Å². The maximum atomic E-state index is 12.2. The van der Waals surface area contributed by atoms with Crippen molar-refractivity contribution in [2.75, 3.05) is 11.9 Å². The molecule has 1 N–H and O–H groups in total. The van der Waals surface area contributed by atoms with Crippen molar-refractivity contribution in [2.45, 2.75) is 18.9 Å². The van der Waals surface area contributed by atoms with E-state index in [0.29, 0.717) is 24.0 Å². The van der Waals surface area contributed by atoms with Crippen molar-refractivity contribution >= 4 is 17.1 Å². The standard InChI is InChI=1S/C20H17N5O3/c26-19(17-8-4-10-27-17)22-14-6-3-5-13(11-14)20-23-18(24-28-20)15-12-21-25-9-2-1-7-16(15)25/h1-3,5-7,9,11-12,17H,4,8,10H2,(H,22,26). The molecule has 4 heterocycles. The normalized spacial score (nSPS) is 16.5. The number of ether oxygens (including phenoxy) is 1. The summed E-state index contributed by atoms with van der Waals surface area (Å²) in [6.07, 6.45) is 4.85. The summed E-state index contributed by atoms with van der Waals surface area (Å²) in [5.41, 5.74) is 3.07. The molecule has 8 nitrogen and oxygen atoms in total. The monoisotopic (exact) mass is 375 g/mol. The summed E-state index contributed by atoms with van der Waals surface area (Å²) in [7, 11) is 0. The minimum Gasteiger partial charge on any atom is -0.368 e. The fraction of sp³-hybridized carbons (Fsp3) is 0.200. The Balaban J connectivity index is 1.40. The van der Waals surface area contributed by atoms with Gasteiger partial charge >= 0.3 is 0 Å². The van der Waals surface area contributed by atoms with Crippen LogP contribution in [-0.4, -0.2) is 38.4 Å². The maximum Gasteiger partial charge on any atom is 0.258 e. The summed E-state index contributed by atoms with van der Waals surface area (Å²) in [4.78, 5) is 16.8. The molecule has 0 aliphatic carbocycles. The SMILES string of the molecule is O=C(Nc1cccc(-c2nc(-c3cnn4ccccc34)no2)c1)C1CCCO1. The highest BCUT2D eigenvalue weighted by Gasteiger charge is 2.23. The number of nitrogens with one attached hydrogen (secondary N) is 1. The van der Waals surface area contributed by atoms with Gasteiger partial charge in [-0.05, 0) is 43.2 Å². The predicted molar refractivity (Wildman–Crippen MR) is 102 cm³/mol. The van der Waals surface area contributed by atoms with E-state index in [4.69, 9.17) is 9.26 Å². The van der Waals surface area contributed by atoms with E-state index in [1.807, 2.05) is 42.6 Å². The number of benzene rings is 1. The first-order valence-corrected chi connectivity index (χ1v) is 9.07. The number of rotatable bonds is 4. The first-order chi connectivity index (χ1) is 13.8. The van der Waals surface area contributed by atoms with Crippen molar-refractivity contribution in [3.8, 4) is 22.8 Å². The van der Waals surface area contributed by atoms with Crippen LogP contribution in [0.15, 0.2) is 59.4 Å². The van der Waals surface area contributed by atoms with E-state index in [1.165, 1.54) is 0 Å². The van der Waals surface area contributed by atoms with E-state index in [-0.39, 0.29) is 12.0 Å². The average molecular weight is 375 g/mol. The molecule has 0 bridgehead atoms. The number of hydrogen-bond donors (Lipinski definition) is 1. The Morgan fingerprint density at radius 2 is 2.18 bits per heavy atom. The van der Waals surface area contributed by atoms with Crippen LogP contribution < -0.4 is 5.32 Å². The number of carbonyl (C=O) groups is 1. The lowest BCUT2D eigenvalue weighted by atomic mass is 10.2. The van der Waals surface area contributed by atoms with Gasteiger partial charge in [-0.25, -0.2) is 4.52 Å². The van der Waals surface area contributed by atoms with Gasteiger partial charge in [-0.1, -0.05) is 17.3 Å². The largest absolute Gasteiger partial charge is 0.368 e. The lowest BCUT2D eigenvalue weighted by Gasteiger charge is -2.10. The minimum absolute atomic E-state index is 0.132. The van der Waals surface area contributed by atoms with Crippen molar-refractivity contribution < 1.29 is 14.1 Å². The van der Waals surface area contributed by atoms with Gasteiger partial charge in [0.25, 0.3) is 11.8 Å². The van der Waals surface area contributed by atoms with Gasteiger partial charge in [0, 0.05) is 24.1 Å². The van der Waals surface area contributed by atoms with Gasteiger partial charge in [-0.15, -0.1) is 0 Å². The molecule has 1 aliphatic heterocycles. The Labute approximate surface area is 160 Å². The maximum absolute atomic E-state index is 12.2. The Kier molecular flexibility index (Phi) is 4.10. The second-order valence-electron chi connectivity index (χ2n) is 6.58. The van der Waals surface area contributed by atoms with Crippen molar-refractivity contribution in [3.63, 3.8) is 0 Å². The minimum atomic E-state index is -0.380. The molecule has 1 fully saturated rings. The van der Waals surface area contributed by atoms with Gasteiger partial charge in [0.1, 0.15) is 6.10 Å². The summed E-state index contributed by atoms with van der Waals surface area (Å²) >= 11 is 0. The molecule has 1 aliphatic rings. The summed E-state index contributed by atoms with van der Waals surface area (Å²) in [5.74, 6) is 0.704. The number of carbonyl (C=O) groups excluding carboxylic acids is 1. The van der Waals surface area contributed by atoms with Crippen LogP contribution >= 0.6 is 0 Å². The van der Waals surface area contributed by atoms with Gasteiger partial charge in [0.05, 0.1) is 17.3 Å². The van der Waals surface area contributed by atoms with Gasteiger partial charge in [0.15, 0.2) is 0 Å². The Bertz CT molecular complexity index is 1140. The number of aromatic nitrogens is 4. The molecular formula is C20H17N5O3. The van der Waals surface area contributed by atoms with Crippen LogP contribution in [0, 0.1) is 0 Å². The second kappa shape index (κ2) is 6.90. The molecule has 140 valence electrons. The molecule has 3 aromatic heterocycles. The van der Waals surface area contributed by atoms with Crippen molar-refractivity contribution in [3.05, 3.63) is 54.9 Å². The zero-order chi connectivity index (χ0) is 18.9. The number of hydrogen-bond acceptors (Lipinski definition) is 6. The van der Waals surface area contributed by atoms with Crippen LogP contribution in [0.1, 0.15) is 12.8 Å². The van der Waals surface area contributed by atoms with Crippen LogP contribution in [0.4, 0.5) is 5.69 Å². The zero-order valence-corrected chi connectivity index (χ0v) is 14.9. The highest BCUT2D eigenvalue weighted by Crippen LogP contribution is 2.27. The third-order valence-electron chi connectivity index (χ3n) is 4.69. The van der Waals surface area contributed by atoms with Crippen LogP contribution in [0.2, 0.25) is 0 Å². The summed E-state index contributed by atoms with van der Waals surface area (Å²) in [6.45, 7) is 0.631. The van der Waals surface area contributed by atoms with Crippen molar-refractivity contribution in [1.29, 1.82) is 0 Å². The average Bonchev–Trinajstić information content (AvgIpc) is 3.47. The molecule has 0 saturated carbocycles. The van der Waals surface area contributed by atoms with Crippen molar-refractivity contribution in [2.24, 2.45) is 0 Å².